The van der Waals surface area contributed by atoms with Crippen LogP contribution >= 0.6 is 0 Å². The first-order chi connectivity index (χ1) is 15.4. The van der Waals surface area contributed by atoms with Crippen molar-refractivity contribution in [2.24, 2.45) is 0 Å². The zero-order valence-electron chi connectivity index (χ0n) is 20.4. The van der Waals surface area contributed by atoms with Gasteiger partial charge in [0.05, 0.1) is 19.3 Å². The quantitative estimate of drug-likeness (QED) is 0.148. The molecule has 0 radical (unpaired) electrons. The van der Waals surface area contributed by atoms with Crippen molar-refractivity contribution in [2.75, 3.05) is 13.2 Å². The molecule has 1 rings (SSSR count). The van der Waals surface area contributed by atoms with E-state index >= 15 is 0 Å². The summed E-state index contributed by atoms with van der Waals surface area (Å²) in [5.74, 6) is 0.163. The molecule has 0 aliphatic carbocycles. The molecule has 5 N–H and O–H groups in total. The Labute approximate surface area is 195 Å². The Balaban J connectivity index is 2.03. The Morgan fingerprint density at radius 3 is 1.84 bits per heavy atom. The van der Waals surface area contributed by atoms with Crippen molar-refractivity contribution < 1.29 is 35.0 Å². The molecule has 5 unspecified atom stereocenters. The average Bonchev–Trinajstić information content (AvgIpc) is 2.79. The predicted octanol–water partition coefficient (Wildman–Crippen LogP) is 2.07. The van der Waals surface area contributed by atoms with Gasteiger partial charge in [-0.15, -0.1) is 0 Å². The van der Waals surface area contributed by atoms with Crippen LogP contribution in [0.2, 0.25) is 5.82 Å². The lowest BCUT2D eigenvalue weighted by molar-refractivity contribution is -0.301. The van der Waals surface area contributed by atoms with Crippen LogP contribution in [0.15, 0.2) is 0 Å². The number of rotatable bonds is 19. The first-order valence-corrected chi connectivity index (χ1v) is 13.0. The first kappa shape index (κ1) is 29.8. The maximum Gasteiger partial charge on any atom is 0.186 e. The van der Waals surface area contributed by atoms with Crippen molar-refractivity contribution in [3.8, 4) is 0 Å². The van der Waals surface area contributed by atoms with Gasteiger partial charge in [0.2, 0.25) is 0 Å². The van der Waals surface area contributed by atoms with E-state index in [0.29, 0.717) is 6.42 Å². The van der Waals surface area contributed by atoms with Crippen molar-refractivity contribution in [1.29, 1.82) is 0 Å². The molecular weight excluding hydrogens is 411 g/mol. The lowest BCUT2D eigenvalue weighted by atomic mass is 9.77. The van der Waals surface area contributed by atoms with Gasteiger partial charge in [0.25, 0.3) is 0 Å². The standard InChI is InChI=1S/C24H49BO7/c1-2-3-4-5-6-7-8-9-10-11-12-13-14-18(25)19(27)15-16-31-24-23(30)22(29)21(28)20(17-26)32-24/h18-24,26-30H,2-17,25H2,1H3/t18-,19+,20?,21?,22?,23?,24?/m1/s1. The Hall–Kier alpha value is -0.215. The van der Waals surface area contributed by atoms with E-state index < -0.39 is 43.4 Å². The summed E-state index contributed by atoms with van der Waals surface area (Å²) in [7, 11) is 2.04. The fraction of sp³-hybridized carbons (Fsp3) is 1.00. The van der Waals surface area contributed by atoms with Gasteiger partial charge in [-0.2, -0.15) is 0 Å². The largest absolute Gasteiger partial charge is 0.394 e. The number of ether oxygens (including phenoxy) is 2. The van der Waals surface area contributed by atoms with E-state index in [1.54, 1.807) is 0 Å². The predicted molar refractivity (Wildman–Crippen MR) is 128 cm³/mol. The monoisotopic (exact) mass is 460 g/mol. The molecule has 1 fully saturated rings. The summed E-state index contributed by atoms with van der Waals surface area (Å²) in [6.07, 6.45) is 10.3. The minimum absolute atomic E-state index is 0.159. The molecule has 1 aliphatic heterocycles. The lowest BCUT2D eigenvalue weighted by Crippen LogP contribution is -2.59. The van der Waals surface area contributed by atoms with Crippen LogP contribution in [0.4, 0.5) is 0 Å². The van der Waals surface area contributed by atoms with Crippen LogP contribution in [-0.4, -0.2) is 83.4 Å². The van der Waals surface area contributed by atoms with E-state index in [1.165, 1.54) is 70.6 Å². The summed E-state index contributed by atoms with van der Waals surface area (Å²) in [5.41, 5.74) is 0. The molecule has 190 valence electrons. The van der Waals surface area contributed by atoms with Crippen LogP contribution in [-0.2, 0) is 9.47 Å². The number of hydrogen-bond acceptors (Lipinski definition) is 7. The third-order valence-electron chi connectivity index (χ3n) is 6.71. The topological polar surface area (TPSA) is 120 Å². The molecular formula is C24H49BO7. The molecule has 0 aromatic heterocycles. The second-order valence-electron chi connectivity index (χ2n) is 9.58. The molecule has 1 heterocycles. The minimum atomic E-state index is -1.44. The first-order valence-electron chi connectivity index (χ1n) is 13.0. The van der Waals surface area contributed by atoms with E-state index in [4.69, 9.17) is 9.47 Å². The van der Waals surface area contributed by atoms with Gasteiger partial charge in [-0.25, -0.2) is 0 Å². The van der Waals surface area contributed by atoms with E-state index in [0.717, 1.165) is 12.8 Å². The SMILES string of the molecule is B[C@H](CCCCCCCCCCCCCC)[C@@H](O)CCOC1OC(CO)C(O)C(O)C1O. The third kappa shape index (κ3) is 11.8. The van der Waals surface area contributed by atoms with Gasteiger partial charge < -0.3 is 35.0 Å². The van der Waals surface area contributed by atoms with Crippen LogP contribution in [0.5, 0.6) is 0 Å². The van der Waals surface area contributed by atoms with Gasteiger partial charge >= 0.3 is 0 Å². The summed E-state index contributed by atoms with van der Waals surface area (Å²) in [4.78, 5) is 0. The van der Waals surface area contributed by atoms with Gasteiger partial charge in [-0.3, -0.25) is 0 Å². The van der Waals surface area contributed by atoms with E-state index in [1.807, 2.05) is 7.85 Å². The molecule has 1 aliphatic rings. The number of unbranched alkanes of at least 4 members (excludes halogenated alkanes) is 11. The van der Waals surface area contributed by atoms with Crippen LogP contribution < -0.4 is 0 Å². The normalized spacial score (nSPS) is 28.0. The molecule has 0 saturated carbocycles. The fourth-order valence-corrected chi connectivity index (χ4v) is 4.29. The average molecular weight is 460 g/mol. The second kappa shape index (κ2) is 18.2. The van der Waals surface area contributed by atoms with E-state index in [2.05, 4.69) is 6.92 Å². The van der Waals surface area contributed by atoms with Crippen LogP contribution in [0.3, 0.4) is 0 Å². The lowest BCUT2D eigenvalue weighted by Gasteiger charge is -2.39. The molecule has 0 spiro atoms. The zero-order chi connectivity index (χ0) is 23.8. The molecule has 0 aromatic carbocycles. The van der Waals surface area contributed by atoms with Gasteiger partial charge in [-0.1, -0.05) is 90.4 Å². The Morgan fingerprint density at radius 2 is 1.31 bits per heavy atom. The minimum Gasteiger partial charge on any atom is -0.394 e. The smallest absolute Gasteiger partial charge is 0.186 e. The summed E-state index contributed by atoms with van der Waals surface area (Å²) in [5, 5.41) is 49.1. The second-order valence-corrected chi connectivity index (χ2v) is 9.58. The highest BCUT2D eigenvalue weighted by atomic mass is 16.7. The zero-order valence-corrected chi connectivity index (χ0v) is 20.4. The maximum atomic E-state index is 10.4. The molecule has 0 aromatic rings. The van der Waals surface area contributed by atoms with Gasteiger partial charge in [-0.05, 0) is 12.2 Å². The molecule has 1 saturated heterocycles. The molecule has 7 atom stereocenters. The van der Waals surface area contributed by atoms with Gasteiger partial charge in [0.1, 0.15) is 32.3 Å². The Kier molecular flexibility index (Phi) is 16.9. The molecule has 32 heavy (non-hydrogen) atoms. The van der Waals surface area contributed by atoms with Crippen LogP contribution in [0.25, 0.3) is 0 Å². The van der Waals surface area contributed by atoms with Crippen LogP contribution in [0, 0.1) is 0 Å². The highest BCUT2D eigenvalue weighted by Gasteiger charge is 2.43. The maximum absolute atomic E-state index is 10.4. The summed E-state index contributed by atoms with van der Waals surface area (Å²) in [6.45, 7) is 1.93. The van der Waals surface area contributed by atoms with E-state index in [-0.39, 0.29) is 12.4 Å². The third-order valence-corrected chi connectivity index (χ3v) is 6.71. The van der Waals surface area contributed by atoms with Crippen molar-refractivity contribution >= 4 is 7.85 Å². The molecule has 0 bridgehead atoms. The molecule has 7 nitrogen and oxygen atoms in total. The number of aliphatic hydroxyl groups is 5. The van der Waals surface area contributed by atoms with Gasteiger partial charge in [0, 0.05) is 0 Å². The van der Waals surface area contributed by atoms with Crippen molar-refractivity contribution in [2.45, 2.75) is 139 Å². The van der Waals surface area contributed by atoms with Crippen molar-refractivity contribution in [3.05, 3.63) is 0 Å². The highest BCUT2D eigenvalue weighted by molar-refractivity contribution is 6.12. The fourth-order valence-electron chi connectivity index (χ4n) is 4.29. The highest BCUT2D eigenvalue weighted by Crippen LogP contribution is 2.24. The summed E-state index contributed by atoms with van der Waals surface area (Å²) < 4.78 is 10.8. The van der Waals surface area contributed by atoms with Crippen LogP contribution in [0.1, 0.15) is 96.8 Å². The van der Waals surface area contributed by atoms with Gasteiger partial charge in [0.15, 0.2) is 6.29 Å². The number of aliphatic hydroxyl groups excluding tert-OH is 5. The van der Waals surface area contributed by atoms with Crippen molar-refractivity contribution in [3.63, 3.8) is 0 Å². The van der Waals surface area contributed by atoms with E-state index in [9.17, 15) is 25.5 Å². The van der Waals surface area contributed by atoms with Crippen molar-refractivity contribution in [1.82, 2.24) is 0 Å². The Bertz CT molecular complexity index is 441. The number of hydrogen-bond donors (Lipinski definition) is 5. The Morgan fingerprint density at radius 1 is 0.781 bits per heavy atom. The summed E-state index contributed by atoms with van der Waals surface area (Å²) >= 11 is 0. The molecule has 8 heteroatoms. The summed E-state index contributed by atoms with van der Waals surface area (Å²) in [6, 6.07) is 0. The molecule has 0 amide bonds.